The predicted molar refractivity (Wildman–Crippen MR) is 40.9 cm³/mol. The van der Waals surface area contributed by atoms with Crippen molar-refractivity contribution in [1.29, 1.82) is 0 Å². The molecule has 0 aliphatic rings. The van der Waals surface area contributed by atoms with Crippen molar-refractivity contribution < 1.29 is 50.8 Å². The van der Waals surface area contributed by atoms with Gasteiger partial charge in [-0.3, -0.25) is 0 Å². The Bertz CT molecular complexity index is 63.3. The molecule has 0 saturated heterocycles. The van der Waals surface area contributed by atoms with E-state index in [0.717, 1.165) is 5.75 Å². The summed E-state index contributed by atoms with van der Waals surface area (Å²) in [6, 6.07) is 0. The van der Waals surface area contributed by atoms with Gasteiger partial charge in [-0.15, -0.1) is 9.79 Å². The third kappa shape index (κ3) is 119. The predicted octanol–water partition coefficient (Wildman–Crippen LogP) is -2.75. The van der Waals surface area contributed by atoms with Crippen LogP contribution >= 0.6 is 20.9 Å². The van der Waals surface area contributed by atoms with E-state index < -0.39 is 8.25 Å². The Balaban J connectivity index is -0.0000000171. The molecule has 60 valence electrons. The molecule has 0 aliphatic heterocycles. The molecule has 0 amide bonds. The molecule has 0 bridgehead atoms. The molecule has 0 aromatic heterocycles. The Morgan fingerprint density at radius 1 is 1.60 bits per heavy atom. The summed E-state index contributed by atoms with van der Waals surface area (Å²) in [7, 11) is -2.87. The molecule has 0 rings (SSSR count). The topological polar surface area (TPSA) is 89.0 Å². The van der Waals surface area contributed by atoms with Crippen LogP contribution in [0.25, 0.3) is 0 Å². The van der Waals surface area contributed by atoms with Crippen LogP contribution < -0.4 is 29.6 Å². The maximum atomic E-state index is 8.70. The van der Waals surface area contributed by atoms with E-state index in [9.17, 15) is 0 Å². The van der Waals surface area contributed by atoms with Gasteiger partial charge in [0.2, 0.25) is 0 Å². The molecule has 0 aliphatic carbocycles. The summed E-state index contributed by atoms with van der Waals surface area (Å²) in [5, 5.41) is 0. The van der Waals surface area contributed by atoms with Gasteiger partial charge in [0.15, 0.2) is 0 Å². The minimum atomic E-state index is -2.87. The smallest absolute Gasteiger partial charge is 1.00 e. The normalized spacial score (nSPS) is 5.60. The molecular formula is C3H13NaO4PS+. The third-order valence-corrected chi connectivity index (χ3v) is 0.671. The molecule has 0 fully saturated rings. The Morgan fingerprint density at radius 2 is 1.70 bits per heavy atom. The van der Waals surface area contributed by atoms with Crippen molar-refractivity contribution in [3.63, 3.8) is 0 Å². The average molecular weight is 199 g/mol. The summed E-state index contributed by atoms with van der Waals surface area (Å²) < 4.78 is 8.70. The zero-order valence-electron chi connectivity index (χ0n) is 7.11. The van der Waals surface area contributed by atoms with Crippen LogP contribution in [0.15, 0.2) is 0 Å². The van der Waals surface area contributed by atoms with Crippen molar-refractivity contribution in [3.05, 3.63) is 0 Å². The molecule has 4 nitrogen and oxygen atoms in total. The minimum Gasteiger partial charge on any atom is -1.00 e. The molecule has 0 aromatic rings. The van der Waals surface area contributed by atoms with Crippen LogP contribution in [0.4, 0.5) is 0 Å². The van der Waals surface area contributed by atoms with E-state index in [1.807, 2.05) is 0 Å². The van der Waals surface area contributed by atoms with E-state index in [4.69, 9.17) is 14.4 Å². The molecule has 10 heavy (non-hydrogen) atoms. The Morgan fingerprint density at radius 3 is 1.70 bits per heavy atom. The zero-order valence-corrected chi connectivity index (χ0v) is 9.90. The van der Waals surface area contributed by atoms with E-state index in [1.165, 1.54) is 6.42 Å². The molecule has 7 heteroatoms. The van der Waals surface area contributed by atoms with Gasteiger partial charge in [-0.05, 0) is 12.2 Å². The van der Waals surface area contributed by atoms with E-state index >= 15 is 0 Å². The van der Waals surface area contributed by atoms with Gasteiger partial charge in [-0.25, -0.2) is 0 Å². The van der Waals surface area contributed by atoms with Gasteiger partial charge in [0, 0.05) is 4.57 Å². The number of hydrogen-bond donors (Lipinski definition) is 3. The summed E-state index contributed by atoms with van der Waals surface area (Å²) in [4.78, 5) is 14.2. The summed E-state index contributed by atoms with van der Waals surface area (Å²) in [6.07, 6.45) is 1.18. The first-order valence-electron chi connectivity index (χ1n) is 2.11. The van der Waals surface area contributed by atoms with E-state index in [-0.39, 0.29) is 36.5 Å². The Kier molecular flexibility index (Phi) is 50.5. The summed E-state index contributed by atoms with van der Waals surface area (Å²) in [5.41, 5.74) is 0. The van der Waals surface area contributed by atoms with Crippen molar-refractivity contribution >= 4 is 20.9 Å². The first kappa shape index (κ1) is 22.5. The average Bonchev–Trinajstić information content (AvgIpc) is 1.65. The third-order valence-electron chi connectivity index (χ3n) is 0.224. The molecule has 0 saturated carbocycles. The molecule has 0 atom stereocenters. The summed E-state index contributed by atoms with van der Waals surface area (Å²) in [5.74, 6) is 1.01. The molecule has 0 heterocycles. The van der Waals surface area contributed by atoms with Crippen molar-refractivity contribution in [2.24, 2.45) is 0 Å². The fourth-order valence-corrected chi connectivity index (χ4v) is 0. The van der Waals surface area contributed by atoms with E-state index in [0.29, 0.717) is 0 Å². The number of thiol groups is 1. The van der Waals surface area contributed by atoms with Gasteiger partial charge in [-0.1, -0.05) is 6.92 Å². The fourth-order valence-electron chi connectivity index (χ4n) is 0. The van der Waals surface area contributed by atoms with Crippen molar-refractivity contribution in [3.8, 4) is 0 Å². The molecule has 0 spiro atoms. The van der Waals surface area contributed by atoms with Gasteiger partial charge in [0.05, 0.1) is 0 Å². The first-order valence-corrected chi connectivity index (χ1v) is 3.90. The van der Waals surface area contributed by atoms with Crippen LogP contribution in [0.5, 0.6) is 0 Å². The van der Waals surface area contributed by atoms with Crippen molar-refractivity contribution in [2.45, 2.75) is 13.3 Å². The Labute approximate surface area is 90.5 Å². The summed E-state index contributed by atoms with van der Waals surface area (Å²) in [6.45, 7) is 2.10. The zero-order chi connectivity index (χ0) is 6.99. The molecule has 4 N–H and O–H groups in total. The first-order chi connectivity index (χ1) is 3.65. The molecular weight excluding hydrogens is 186 g/mol. The van der Waals surface area contributed by atoms with Gasteiger partial charge >= 0.3 is 37.8 Å². The summed E-state index contributed by atoms with van der Waals surface area (Å²) >= 11 is 3.92. The van der Waals surface area contributed by atoms with Gasteiger partial charge in [0.25, 0.3) is 0 Å². The number of rotatable bonds is 1. The van der Waals surface area contributed by atoms with Crippen molar-refractivity contribution in [2.75, 3.05) is 5.75 Å². The maximum Gasteiger partial charge on any atom is 1.00 e. The second kappa shape index (κ2) is 22.4. The van der Waals surface area contributed by atoms with Crippen LogP contribution in [0, 0.1) is 0 Å². The second-order valence-corrected chi connectivity index (χ2v) is 1.93. The van der Waals surface area contributed by atoms with Gasteiger partial charge < -0.3 is 6.90 Å². The standard InChI is InChI=1S/C3H8S.Na.HO3P.H2O.H/c1-2-3-4;;1-4(2)3;;/h4H,2-3H2,1H3;;(H-,1,2,3);1H2;/q;+1;;;-1/p+1. The van der Waals surface area contributed by atoms with Crippen molar-refractivity contribution in [1.82, 2.24) is 0 Å². The second-order valence-electron chi connectivity index (χ2n) is 0.976. The fraction of sp³-hybridized carbons (Fsp3) is 1.00. The Hall–Kier alpha value is 1.33. The van der Waals surface area contributed by atoms with Gasteiger partial charge in [-0.2, -0.15) is 12.6 Å². The SMILES string of the molecule is CCCS.O.O=[P+](O)O.[H-].[Na+]. The van der Waals surface area contributed by atoms with Crippen LogP contribution in [0.1, 0.15) is 14.8 Å². The molecule has 0 aromatic carbocycles. The maximum absolute atomic E-state index is 8.70. The largest absolute Gasteiger partial charge is 1.00 e. The minimum absolute atomic E-state index is 0. The van der Waals surface area contributed by atoms with Crippen LogP contribution in [-0.4, -0.2) is 21.0 Å². The quantitative estimate of drug-likeness (QED) is 0.243. The molecule has 0 radical (unpaired) electrons. The molecule has 0 unspecified atom stereocenters. The number of hydrogen-bond acceptors (Lipinski definition) is 2. The van der Waals surface area contributed by atoms with Gasteiger partial charge in [0.1, 0.15) is 0 Å². The monoisotopic (exact) mass is 199 g/mol. The van der Waals surface area contributed by atoms with Crippen LogP contribution in [0.3, 0.4) is 0 Å². The van der Waals surface area contributed by atoms with E-state index in [1.54, 1.807) is 0 Å². The van der Waals surface area contributed by atoms with Crippen LogP contribution in [-0.2, 0) is 4.57 Å². The van der Waals surface area contributed by atoms with Crippen LogP contribution in [0.2, 0.25) is 0 Å². The van der Waals surface area contributed by atoms with E-state index in [2.05, 4.69) is 19.6 Å².